The van der Waals surface area contributed by atoms with E-state index in [1.807, 2.05) is 0 Å². The van der Waals surface area contributed by atoms with E-state index < -0.39 is 16.0 Å². The van der Waals surface area contributed by atoms with Crippen LogP contribution in [0.4, 0.5) is 0 Å². The molecule has 0 aliphatic rings. The van der Waals surface area contributed by atoms with Crippen molar-refractivity contribution in [1.82, 2.24) is 4.31 Å². The van der Waals surface area contributed by atoms with Crippen LogP contribution in [0.15, 0.2) is 47.4 Å². The Hall–Kier alpha value is -1.60. The van der Waals surface area contributed by atoms with Gasteiger partial charge in [0.15, 0.2) is 0 Å². The maximum Gasteiger partial charge on any atom is 0.340 e. The van der Waals surface area contributed by atoms with Crippen molar-refractivity contribution in [3.05, 3.63) is 63.6 Å². The predicted molar refractivity (Wildman–Crippen MR) is 92.9 cm³/mol. The van der Waals surface area contributed by atoms with Crippen LogP contribution in [0.2, 0.25) is 10.0 Å². The van der Waals surface area contributed by atoms with Crippen LogP contribution in [-0.4, -0.2) is 32.8 Å². The Balaban J connectivity index is 2.25. The molecular weight excluding hydrogens is 373 g/mol. The monoisotopic (exact) mass is 387 g/mol. The lowest BCUT2D eigenvalue weighted by Gasteiger charge is -2.13. The molecule has 0 radical (unpaired) electrons. The molecule has 0 bridgehead atoms. The van der Waals surface area contributed by atoms with Gasteiger partial charge in [-0.3, -0.25) is 0 Å². The van der Waals surface area contributed by atoms with Crippen molar-refractivity contribution in [3.63, 3.8) is 0 Å². The van der Waals surface area contributed by atoms with Gasteiger partial charge in [-0.05, 0) is 24.3 Å². The molecule has 0 aromatic heterocycles. The predicted octanol–water partition coefficient (Wildman–Crippen LogP) is 3.60. The Morgan fingerprint density at radius 2 is 1.75 bits per heavy atom. The summed E-state index contributed by atoms with van der Waals surface area (Å²) in [6.45, 7) is -0.0422. The van der Waals surface area contributed by atoms with Crippen LogP contribution < -0.4 is 0 Å². The fraction of sp³-hybridized carbons (Fsp3) is 0.188. The first-order valence-corrected chi connectivity index (χ1v) is 9.05. The second kappa shape index (κ2) is 7.53. The van der Waals surface area contributed by atoms with E-state index in [4.69, 9.17) is 27.9 Å². The molecule has 0 heterocycles. The molecule has 0 fully saturated rings. The number of carbonyl (C=O) groups is 1. The Morgan fingerprint density at radius 3 is 2.38 bits per heavy atom. The quantitative estimate of drug-likeness (QED) is 0.735. The normalized spacial score (nSPS) is 11.5. The number of esters is 1. The molecule has 2 aromatic rings. The third-order valence-electron chi connectivity index (χ3n) is 3.25. The van der Waals surface area contributed by atoms with Crippen molar-refractivity contribution < 1.29 is 17.9 Å². The van der Waals surface area contributed by atoms with Gasteiger partial charge in [-0.15, -0.1) is 0 Å². The smallest absolute Gasteiger partial charge is 0.340 e. The average molecular weight is 388 g/mol. The van der Waals surface area contributed by atoms with E-state index in [0.717, 1.165) is 4.31 Å². The third kappa shape index (κ3) is 4.08. The molecule has 0 aliphatic carbocycles. The Bertz CT molecular complexity index is 866. The Kier molecular flexibility index (Phi) is 5.87. The van der Waals surface area contributed by atoms with Gasteiger partial charge in [0.1, 0.15) is 6.61 Å². The summed E-state index contributed by atoms with van der Waals surface area (Å²) in [5.41, 5.74) is 0.618. The maximum atomic E-state index is 12.2. The average Bonchev–Trinajstić information content (AvgIpc) is 2.54. The van der Waals surface area contributed by atoms with Gasteiger partial charge in [-0.2, -0.15) is 0 Å². The second-order valence-electron chi connectivity index (χ2n) is 5.10. The van der Waals surface area contributed by atoms with Crippen molar-refractivity contribution in [3.8, 4) is 0 Å². The van der Waals surface area contributed by atoms with Gasteiger partial charge >= 0.3 is 5.97 Å². The van der Waals surface area contributed by atoms with E-state index in [1.165, 1.54) is 32.3 Å². The zero-order valence-corrected chi connectivity index (χ0v) is 15.3. The number of ether oxygens (including phenoxy) is 1. The molecule has 5 nitrogen and oxygen atoms in total. The SMILES string of the molecule is CN(C)S(=O)(=O)c1ccc(Cl)c(C(=O)OCc2ccccc2Cl)c1. The molecule has 0 spiro atoms. The number of sulfonamides is 1. The first-order chi connectivity index (χ1) is 11.2. The highest BCUT2D eigenvalue weighted by Crippen LogP contribution is 2.24. The number of hydrogen-bond donors (Lipinski definition) is 0. The fourth-order valence-corrected chi connectivity index (χ4v) is 3.18. The van der Waals surface area contributed by atoms with Crippen molar-refractivity contribution in [2.75, 3.05) is 14.1 Å². The van der Waals surface area contributed by atoms with Gasteiger partial charge < -0.3 is 4.74 Å². The molecule has 0 saturated heterocycles. The molecule has 8 heteroatoms. The topological polar surface area (TPSA) is 63.7 Å². The highest BCUT2D eigenvalue weighted by Gasteiger charge is 2.21. The van der Waals surface area contributed by atoms with Gasteiger partial charge in [-0.25, -0.2) is 17.5 Å². The Morgan fingerprint density at radius 1 is 1.08 bits per heavy atom. The lowest BCUT2D eigenvalue weighted by atomic mass is 10.2. The molecule has 2 rings (SSSR count). The van der Waals surface area contributed by atoms with Crippen LogP contribution >= 0.6 is 23.2 Å². The molecule has 0 saturated carbocycles. The van der Waals surface area contributed by atoms with Crippen LogP contribution in [-0.2, 0) is 21.4 Å². The zero-order chi connectivity index (χ0) is 17.9. The van der Waals surface area contributed by atoms with E-state index >= 15 is 0 Å². The van der Waals surface area contributed by atoms with Crippen LogP contribution in [0.5, 0.6) is 0 Å². The summed E-state index contributed by atoms with van der Waals surface area (Å²) >= 11 is 12.0. The van der Waals surface area contributed by atoms with Crippen molar-refractivity contribution >= 4 is 39.2 Å². The number of benzene rings is 2. The third-order valence-corrected chi connectivity index (χ3v) is 5.76. The standard InChI is InChI=1S/C16H15Cl2NO4S/c1-19(2)24(21,22)12-7-8-15(18)13(9-12)16(20)23-10-11-5-3-4-6-14(11)17/h3-9H,10H2,1-2H3. The van der Waals surface area contributed by atoms with Gasteiger partial charge in [0.05, 0.1) is 15.5 Å². The first kappa shape index (κ1) is 18.7. The summed E-state index contributed by atoms with van der Waals surface area (Å²) in [4.78, 5) is 12.2. The summed E-state index contributed by atoms with van der Waals surface area (Å²) in [6.07, 6.45) is 0. The zero-order valence-electron chi connectivity index (χ0n) is 13.0. The highest BCUT2D eigenvalue weighted by molar-refractivity contribution is 7.89. The molecule has 0 atom stereocenters. The van der Waals surface area contributed by atoms with E-state index in [9.17, 15) is 13.2 Å². The van der Waals surface area contributed by atoms with Gasteiger partial charge in [0.25, 0.3) is 0 Å². The Labute approximate surface area is 150 Å². The van der Waals surface area contributed by atoms with Gasteiger partial charge in [-0.1, -0.05) is 41.4 Å². The molecule has 0 unspecified atom stereocenters. The number of hydrogen-bond acceptors (Lipinski definition) is 4. The van der Waals surface area contributed by atoms with E-state index in [-0.39, 0.29) is 22.1 Å². The van der Waals surface area contributed by atoms with Crippen molar-refractivity contribution in [2.45, 2.75) is 11.5 Å². The molecule has 2 aromatic carbocycles. The maximum absolute atomic E-state index is 12.2. The molecule has 24 heavy (non-hydrogen) atoms. The minimum absolute atomic E-state index is 0.0216. The number of carbonyl (C=O) groups excluding carboxylic acids is 1. The summed E-state index contributed by atoms with van der Waals surface area (Å²) < 4.78 is 30.5. The lowest BCUT2D eigenvalue weighted by molar-refractivity contribution is 0.0473. The van der Waals surface area contributed by atoms with Crippen LogP contribution in [0.3, 0.4) is 0 Å². The summed E-state index contributed by atoms with van der Waals surface area (Å²) in [7, 11) is -0.873. The van der Waals surface area contributed by atoms with Crippen molar-refractivity contribution in [2.24, 2.45) is 0 Å². The van der Waals surface area contributed by atoms with Gasteiger partial charge in [0, 0.05) is 24.7 Å². The highest BCUT2D eigenvalue weighted by atomic mass is 35.5. The summed E-state index contributed by atoms with van der Waals surface area (Å²) in [5.74, 6) is -0.726. The molecule has 0 N–H and O–H groups in total. The fourth-order valence-electron chi connectivity index (χ4n) is 1.87. The van der Waals surface area contributed by atoms with E-state index in [2.05, 4.69) is 0 Å². The molecule has 0 amide bonds. The number of nitrogens with zero attached hydrogens (tertiary/aromatic N) is 1. The summed E-state index contributed by atoms with van der Waals surface area (Å²) in [5, 5.41) is 0.581. The molecule has 128 valence electrons. The second-order valence-corrected chi connectivity index (χ2v) is 8.06. The summed E-state index contributed by atoms with van der Waals surface area (Å²) in [6, 6.07) is 10.8. The molecule has 0 aliphatic heterocycles. The molecular formula is C16H15Cl2NO4S. The van der Waals surface area contributed by atoms with Crippen LogP contribution in [0.1, 0.15) is 15.9 Å². The first-order valence-electron chi connectivity index (χ1n) is 6.86. The van der Waals surface area contributed by atoms with E-state index in [1.54, 1.807) is 24.3 Å². The van der Waals surface area contributed by atoms with E-state index in [0.29, 0.717) is 10.6 Å². The van der Waals surface area contributed by atoms with Crippen LogP contribution in [0, 0.1) is 0 Å². The lowest BCUT2D eigenvalue weighted by Crippen LogP contribution is -2.22. The largest absolute Gasteiger partial charge is 0.457 e. The minimum atomic E-state index is -3.68. The number of rotatable bonds is 5. The van der Waals surface area contributed by atoms with Crippen LogP contribution in [0.25, 0.3) is 0 Å². The van der Waals surface area contributed by atoms with Crippen molar-refractivity contribution in [1.29, 1.82) is 0 Å². The van der Waals surface area contributed by atoms with Gasteiger partial charge in [0.2, 0.25) is 10.0 Å². The number of halogens is 2. The minimum Gasteiger partial charge on any atom is -0.457 e.